The number of hydrogen-bond acceptors (Lipinski definition) is 2. The Balaban J connectivity index is 2.24. The van der Waals surface area contributed by atoms with Gasteiger partial charge in [-0.3, -0.25) is 0 Å². The van der Waals surface area contributed by atoms with Gasteiger partial charge < -0.3 is 10.1 Å². The van der Waals surface area contributed by atoms with Crippen LogP contribution in [0.2, 0.25) is 0 Å². The van der Waals surface area contributed by atoms with E-state index in [1.807, 2.05) is 13.1 Å². The molecule has 1 aliphatic rings. The molecule has 2 rings (SSSR count). The molecule has 17 heavy (non-hydrogen) atoms. The Bertz CT molecular complexity index is 400. The van der Waals surface area contributed by atoms with Crippen LogP contribution in [0.25, 0.3) is 0 Å². The number of hydrogen-bond donors (Lipinski definition) is 1. The lowest BCUT2D eigenvalue weighted by Gasteiger charge is -2.32. The van der Waals surface area contributed by atoms with E-state index in [0.717, 1.165) is 25.2 Å². The molecule has 1 heterocycles. The summed E-state index contributed by atoms with van der Waals surface area (Å²) in [7, 11) is 2.03. The third-order valence-corrected chi connectivity index (χ3v) is 3.43. The summed E-state index contributed by atoms with van der Waals surface area (Å²) < 4.78 is 5.70. The fourth-order valence-corrected chi connectivity index (χ4v) is 2.61. The molecule has 1 aliphatic heterocycles. The van der Waals surface area contributed by atoms with Crippen molar-refractivity contribution < 1.29 is 4.74 Å². The molecule has 2 heteroatoms. The van der Waals surface area contributed by atoms with E-state index in [0.29, 0.717) is 12.0 Å². The van der Waals surface area contributed by atoms with Crippen LogP contribution in [0.4, 0.5) is 0 Å². The molecule has 0 saturated heterocycles. The molecule has 1 aromatic rings. The molecule has 0 fully saturated rings. The van der Waals surface area contributed by atoms with Crippen molar-refractivity contribution in [3.05, 3.63) is 42.0 Å². The largest absolute Gasteiger partial charge is 0.493 e. The zero-order valence-corrected chi connectivity index (χ0v) is 10.7. The van der Waals surface area contributed by atoms with E-state index in [2.05, 4.69) is 37.0 Å². The van der Waals surface area contributed by atoms with Gasteiger partial charge in [-0.25, -0.2) is 0 Å². The molecule has 2 unspecified atom stereocenters. The molecule has 0 radical (unpaired) electrons. The summed E-state index contributed by atoms with van der Waals surface area (Å²) in [5.41, 5.74) is 2.56. The van der Waals surface area contributed by atoms with Gasteiger partial charge in [0.2, 0.25) is 0 Å². The van der Waals surface area contributed by atoms with Gasteiger partial charge in [-0.1, -0.05) is 23.8 Å². The van der Waals surface area contributed by atoms with Crippen LogP contribution in [0.5, 0.6) is 5.75 Å². The van der Waals surface area contributed by atoms with Gasteiger partial charge in [0.05, 0.1) is 6.61 Å². The fourth-order valence-electron chi connectivity index (χ4n) is 2.61. The van der Waals surface area contributed by atoms with Gasteiger partial charge >= 0.3 is 0 Å². The van der Waals surface area contributed by atoms with Crippen LogP contribution >= 0.6 is 0 Å². The van der Waals surface area contributed by atoms with E-state index in [1.165, 1.54) is 11.1 Å². The van der Waals surface area contributed by atoms with Gasteiger partial charge in [0.25, 0.3) is 0 Å². The van der Waals surface area contributed by atoms with Gasteiger partial charge in [0, 0.05) is 12.0 Å². The molecule has 0 saturated carbocycles. The molecule has 0 aromatic heterocycles. The van der Waals surface area contributed by atoms with Gasteiger partial charge in [-0.15, -0.1) is 6.58 Å². The van der Waals surface area contributed by atoms with Crippen molar-refractivity contribution in [3.63, 3.8) is 0 Å². The molecule has 0 bridgehead atoms. The van der Waals surface area contributed by atoms with Crippen molar-refractivity contribution in [2.75, 3.05) is 13.7 Å². The maximum absolute atomic E-state index is 5.70. The Morgan fingerprint density at radius 1 is 1.53 bits per heavy atom. The Morgan fingerprint density at radius 2 is 2.29 bits per heavy atom. The minimum absolute atomic E-state index is 0.456. The van der Waals surface area contributed by atoms with Crippen LogP contribution in [0.15, 0.2) is 36.4 Å². The van der Waals surface area contributed by atoms with Crippen LogP contribution in [0.1, 0.15) is 31.2 Å². The van der Waals surface area contributed by atoms with Crippen LogP contribution in [-0.2, 0) is 0 Å². The Morgan fingerprint density at radius 3 is 3.00 bits per heavy atom. The number of likely N-dealkylation sites (N-methyl/N-ethyl adjacent to an activating group) is 1. The first-order valence-electron chi connectivity index (χ1n) is 6.25. The Labute approximate surface area is 104 Å². The van der Waals surface area contributed by atoms with E-state index in [4.69, 9.17) is 4.74 Å². The van der Waals surface area contributed by atoms with Gasteiger partial charge in [-0.2, -0.15) is 0 Å². The molecule has 0 spiro atoms. The van der Waals surface area contributed by atoms with Crippen LogP contribution in [0, 0.1) is 0 Å². The lowest BCUT2D eigenvalue weighted by Crippen LogP contribution is -2.35. The van der Waals surface area contributed by atoms with Crippen LogP contribution in [0.3, 0.4) is 0 Å². The van der Waals surface area contributed by atoms with Crippen molar-refractivity contribution in [2.24, 2.45) is 0 Å². The maximum Gasteiger partial charge on any atom is 0.122 e. The van der Waals surface area contributed by atoms with Crippen molar-refractivity contribution >= 4 is 0 Å². The number of ether oxygens (including phenoxy) is 1. The predicted octanol–water partition coefficient (Wildman–Crippen LogP) is 3.11. The molecule has 92 valence electrons. The van der Waals surface area contributed by atoms with Crippen LogP contribution in [-0.4, -0.2) is 19.7 Å². The summed E-state index contributed by atoms with van der Waals surface area (Å²) in [6, 6.07) is 8.83. The van der Waals surface area contributed by atoms with E-state index in [-0.39, 0.29) is 0 Å². The number of benzene rings is 1. The average Bonchev–Trinajstić information content (AvgIpc) is 2.35. The van der Waals surface area contributed by atoms with Crippen molar-refractivity contribution in [3.8, 4) is 5.75 Å². The van der Waals surface area contributed by atoms with E-state index in [9.17, 15) is 0 Å². The molecule has 0 aliphatic carbocycles. The lowest BCUT2D eigenvalue weighted by atomic mass is 9.84. The highest BCUT2D eigenvalue weighted by molar-refractivity contribution is 5.38. The highest BCUT2D eigenvalue weighted by Gasteiger charge is 2.27. The highest BCUT2D eigenvalue weighted by Crippen LogP contribution is 2.36. The van der Waals surface area contributed by atoms with Gasteiger partial charge in [0.1, 0.15) is 5.75 Å². The first kappa shape index (κ1) is 12.2. The minimum atomic E-state index is 0.456. The standard InChI is InChI=1S/C15H21NO/c1-11(2)10-14(16-3)12-8-9-17-15-7-5-4-6-13(12)15/h4-7,12,14,16H,1,8-10H2,2-3H3. The van der Waals surface area contributed by atoms with E-state index < -0.39 is 0 Å². The minimum Gasteiger partial charge on any atom is -0.493 e. The highest BCUT2D eigenvalue weighted by atomic mass is 16.5. The zero-order valence-electron chi connectivity index (χ0n) is 10.7. The lowest BCUT2D eigenvalue weighted by molar-refractivity contribution is 0.247. The summed E-state index contributed by atoms with van der Waals surface area (Å²) in [6.45, 7) is 6.93. The smallest absolute Gasteiger partial charge is 0.122 e. The average molecular weight is 231 g/mol. The van der Waals surface area contributed by atoms with Gasteiger partial charge in [-0.05, 0) is 38.4 Å². The maximum atomic E-state index is 5.70. The number of rotatable bonds is 4. The Kier molecular flexibility index (Phi) is 3.85. The van der Waals surface area contributed by atoms with E-state index in [1.54, 1.807) is 0 Å². The molecule has 0 amide bonds. The fraction of sp³-hybridized carbons (Fsp3) is 0.467. The number of nitrogens with one attached hydrogen (secondary N) is 1. The predicted molar refractivity (Wildman–Crippen MR) is 71.6 cm³/mol. The third kappa shape index (κ3) is 2.70. The Hall–Kier alpha value is -1.28. The van der Waals surface area contributed by atoms with Crippen molar-refractivity contribution in [2.45, 2.75) is 31.7 Å². The first-order valence-corrected chi connectivity index (χ1v) is 6.25. The third-order valence-electron chi connectivity index (χ3n) is 3.43. The monoisotopic (exact) mass is 231 g/mol. The first-order chi connectivity index (χ1) is 8.22. The molecule has 1 aromatic carbocycles. The summed E-state index contributed by atoms with van der Waals surface area (Å²) in [4.78, 5) is 0. The molecular formula is C15H21NO. The number of fused-ring (bicyclic) bond motifs is 1. The second-order valence-electron chi connectivity index (χ2n) is 4.84. The van der Waals surface area contributed by atoms with Gasteiger partial charge in [0.15, 0.2) is 0 Å². The topological polar surface area (TPSA) is 21.3 Å². The summed E-state index contributed by atoms with van der Waals surface area (Å²) >= 11 is 0. The summed E-state index contributed by atoms with van der Waals surface area (Å²) in [6.07, 6.45) is 2.10. The quantitative estimate of drug-likeness (QED) is 0.804. The van der Waals surface area contributed by atoms with Crippen LogP contribution < -0.4 is 10.1 Å². The summed E-state index contributed by atoms with van der Waals surface area (Å²) in [5, 5.41) is 3.43. The molecular weight excluding hydrogens is 210 g/mol. The molecule has 2 atom stereocenters. The number of para-hydroxylation sites is 1. The van der Waals surface area contributed by atoms with Crippen molar-refractivity contribution in [1.29, 1.82) is 0 Å². The SMILES string of the molecule is C=C(C)CC(NC)C1CCOc2ccccc21. The zero-order chi connectivity index (χ0) is 12.3. The van der Waals surface area contributed by atoms with Crippen molar-refractivity contribution in [1.82, 2.24) is 5.32 Å². The summed E-state index contributed by atoms with van der Waals surface area (Å²) in [5.74, 6) is 1.58. The molecule has 2 nitrogen and oxygen atoms in total. The second-order valence-corrected chi connectivity index (χ2v) is 4.84. The van der Waals surface area contributed by atoms with E-state index >= 15 is 0 Å². The normalized spacial score (nSPS) is 20.2. The molecule has 1 N–H and O–H groups in total. The second kappa shape index (κ2) is 5.37.